The molecule has 1 aromatic heterocycles. The van der Waals surface area contributed by atoms with Crippen molar-refractivity contribution in [3.05, 3.63) is 29.6 Å². The molecule has 0 aliphatic carbocycles. The van der Waals surface area contributed by atoms with Gasteiger partial charge in [-0.05, 0) is 24.3 Å². The van der Waals surface area contributed by atoms with Crippen LogP contribution in [0.5, 0.6) is 0 Å². The molecule has 0 radical (unpaired) electrons. The first-order valence-corrected chi connectivity index (χ1v) is 5.70. The Hall–Kier alpha value is -1.03. The zero-order valence-corrected chi connectivity index (χ0v) is 8.46. The first-order valence-electron chi connectivity index (χ1n) is 4.54. The molecule has 3 nitrogen and oxygen atoms in total. The van der Waals surface area contributed by atoms with E-state index in [0.29, 0.717) is 5.92 Å². The van der Waals surface area contributed by atoms with E-state index in [9.17, 15) is 4.79 Å². The summed E-state index contributed by atoms with van der Waals surface area (Å²) in [6, 6.07) is 3.47. The maximum absolute atomic E-state index is 10.6. The second-order valence-electron chi connectivity index (χ2n) is 3.34. The highest BCUT2D eigenvalue weighted by Gasteiger charge is 2.18. The average molecular weight is 209 g/mol. The number of pyridine rings is 1. The van der Waals surface area contributed by atoms with Crippen LogP contribution in [0.15, 0.2) is 18.3 Å². The average Bonchev–Trinajstić information content (AvgIpc) is 2.71. The Balaban J connectivity index is 2.16. The molecule has 1 fully saturated rings. The Morgan fingerprint density at radius 1 is 1.57 bits per heavy atom. The molecule has 1 aliphatic rings. The molecular formula is C10H11NO2S. The summed E-state index contributed by atoms with van der Waals surface area (Å²) in [5.74, 6) is 1.90. The smallest absolute Gasteiger partial charge is 0.337 e. The van der Waals surface area contributed by atoms with Crippen LogP contribution < -0.4 is 0 Å². The summed E-state index contributed by atoms with van der Waals surface area (Å²) >= 11 is 1.93. The number of hydrogen-bond donors (Lipinski definition) is 1. The third-order valence-corrected chi connectivity index (χ3v) is 3.54. The van der Waals surface area contributed by atoms with Crippen LogP contribution in [0.2, 0.25) is 0 Å². The first-order chi connectivity index (χ1) is 6.77. The molecule has 0 spiro atoms. The van der Waals surface area contributed by atoms with Gasteiger partial charge in [0, 0.05) is 23.6 Å². The standard InChI is InChI=1S/C10H11NO2S/c12-10(13)7-1-2-9(11-5-7)8-3-4-14-6-8/h1-2,5,8H,3-4,6H2,(H,12,13). The van der Waals surface area contributed by atoms with Gasteiger partial charge in [0.25, 0.3) is 0 Å². The Kier molecular flexibility index (Phi) is 2.72. The highest BCUT2D eigenvalue weighted by Crippen LogP contribution is 2.30. The second-order valence-corrected chi connectivity index (χ2v) is 4.49. The third kappa shape index (κ3) is 1.90. The van der Waals surface area contributed by atoms with Crippen molar-refractivity contribution in [1.29, 1.82) is 0 Å². The molecule has 1 aliphatic heterocycles. The minimum absolute atomic E-state index is 0.263. The lowest BCUT2D eigenvalue weighted by Gasteiger charge is -2.06. The number of aromatic nitrogens is 1. The molecule has 0 aromatic carbocycles. The van der Waals surface area contributed by atoms with Gasteiger partial charge in [0.2, 0.25) is 0 Å². The van der Waals surface area contributed by atoms with Gasteiger partial charge in [0.15, 0.2) is 0 Å². The van der Waals surface area contributed by atoms with Crippen LogP contribution in [0.25, 0.3) is 0 Å². The molecular weight excluding hydrogens is 198 g/mol. The molecule has 14 heavy (non-hydrogen) atoms. The summed E-state index contributed by atoms with van der Waals surface area (Å²) in [6.07, 6.45) is 2.60. The summed E-state index contributed by atoms with van der Waals surface area (Å²) in [5, 5.41) is 8.70. The van der Waals surface area contributed by atoms with Gasteiger partial charge in [-0.1, -0.05) is 0 Å². The summed E-state index contributed by atoms with van der Waals surface area (Å²) in [4.78, 5) is 14.8. The summed E-state index contributed by atoms with van der Waals surface area (Å²) in [7, 11) is 0. The molecule has 0 bridgehead atoms. The zero-order valence-electron chi connectivity index (χ0n) is 7.64. The van der Waals surface area contributed by atoms with Crippen LogP contribution in [0.4, 0.5) is 0 Å². The van der Waals surface area contributed by atoms with Gasteiger partial charge >= 0.3 is 5.97 Å². The van der Waals surface area contributed by atoms with Crippen molar-refractivity contribution in [1.82, 2.24) is 4.98 Å². The van der Waals surface area contributed by atoms with Crippen molar-refractivity contribution in [3.63, 3.8) is 0 Å². The van der Waals surface area contributed by atoms with E-state index >= 15 is 0 Å². The fourth-order valence-electron chi connectivity index (χ4n) is 1.54. The van der Waals surface area contributed by atoms with Crippen LogP contribution in [-0.2, 0) is 0 Å². The molecule has 74 valence electrons. The molecule has 1 unspecified atom stereocenters. The first kappa shape index (κ1) is 9.52. The Morgan fingerprint density at radius 2 is 2.43 bits per heavy atom. The van der Waals surface area contributed by atoms with E-state index in [2.05, 4.69) is 4.98 Å². The van der Waals surface area contributed by atoms with E-state index in [1.54, 1.807) is 6.07 Å². The predicted molar refractivity (Wildman–Crippen MR) is 55.9 cm³/mol. The summed E-state index contributed by atoms with van der Waals surface area (Å²) in [5.41, 5.74) is 1.29. The molecule has 1 saturated heterocycles. The lowest BCUT2D eigenvalue weighted by molar-refractivity contribution is 0.0696. The van der Waals surface area contributed by atoms with E-state index in [-0.39, 0.29) is 5.56 Å². The van der Waals surface area contributed by atoms with Crippen molar-refractivity contribution in [2.24, 2.45) is 0 Å². The lowest BCUT2D eigenvalue weighted by atomic mass is 10.0. The van der Waals surface area contributed by atoms with Gasteiger partial charge in [0.1, 0.15) is 0 Å². The zero-order chi connectivity index (χ0) is 9.97. The number of carboxylic acid groups (broad SMARTS) is 1. The number of rotatable bonds is 2. The monoisotopic (exact) mass is 209 g/mol. The normalized spacial score (nSPS) is 21.0. The van der Waals surface area contributed by atoms with Gasteiger partial charge in [-0.15, -0.1) is 0 Å². The van der Waals surface area contributed by atoms with E-state index in [4.69, 9.17) is 5.11 Å². The SMILES string of the molecule is O=C(O)c1ccc(C2CCSC2)nc1. The Morgan fingerprint density at radius 3 is 2.93 bits per heavy atom. The molecule has 1 atom stereocenters. The fourth-order valence-corrected chi connectivity index (χ4v) is 2.78. The number of thioether (sulfide) groups is 1. The highest BCUT2D eigenvalue weighted by molar-refractivity contribution is 7.99. The van der Waals surface area contributed by atoms with Gasteiger partial charge in [-0.3, -0.25) is 4.98 Å². The van der Waals surface area contributed by atoms with Crippen molar-refractivity contribution in [3.8, 4) is 0 Å². The summed E-state index contributed by atoms with van der Waals surface area (Å²) in [6.45, 7) is 0. The molecule has 0 amide bonds. The van der Waals surface area contributed by atoms with Crippen molar-refractivity contribution < 1.29 is 9.90 Å². The maximum atomic E-state index is 10.6. The number of carbonyl (C=O) groups is 1. The maximum Gasteiger partial charge on any atom is 0.337 e. The highest BCUT2D eigenvalue weighted by atomic mass is 32.2. The van der Waals surface area contributed by atoms with Crippen LogP contribution in [0, 0.1) is 0 Å². The predicted octanol–water partition coefficient (Wildman–Crippen LogP) is 2.00. The Labute approximate surface area is 86.5 Å². The molecule has 0 saturated carbocycles. The van der Waals surface area contributed by atoms with Gasteiger partial charge in [-0.2, -0.15) is 11.8 Å². The largest absolute Gasteiger partial charge is 0.478 e. The van der Waals surface area contributed by atoms with Gasteiger partial charge in [0.05, 0.1) is 5.56 Å². The van der Waals surface area contributed by atoms with Gasteiger partial charge < -0.3 is 5.11 Å². The van der Waals surface area contributed by atoms with Crippen molar-refractivity contribution >= 4 is 17.7 Å². The minimum Gasteiger partial charge on any atom is -0.478 e. The molecule has 4 heteroatoms. The number of nitrogens with zero attached hydrogens (tertiary/aromatic N) is 1. The van der Waals surface area contributed by atoms with E-state index in [1.165, 1.54) is 11.9 Å². The van der Waals surface area contributed by atoms with E-state index < -0.39 is 5.97 Å². The van der Waals surface area contributed by atoms with Crippen LogP contribution >= 0.6 is 11.8 Å². The fraction of sp³-hybridized carbons (Fsp3) is 0.400. The molecule has 1 N–H and O–H groups in total. The number of carboxylic acids is 1. The van der Waals surface area contributed by atoms with E-state index in [0.717, 1.165) is 17.9 Å². The van der Waals surface area contributed by atoms with Crippen LogP contribution in [0.3, 0.4) is 0 Å². The van der Waals surface area contributed by atoms with Crippen molar-refractivity contribution in [2.75, 3.05) is 11.5 Å². The molecule has 2 heterocycles. The quantitative estimate of drug-likeness (QED) is 0.809. The molecule has 2 rings (SSSR count). The topological polar surface area (TPSA) is 50.2 Å². The Bertz CT molecular complexity index is 330. The minimum atomic E-state index is -0.912. The van der Waals surface area contributed by atoms with Gasteiger partial charge in [-0.25, -0.2) is 4.79 Å². The number of aromatic carboxylic acids is 1. The van der Waals surface area contributed by atoms with Crippen molar-refractivity contribution in [2.45, 2.75) is 12.3 Å². The van der Waals surface area contributed by atoms with Crippen LogP contribution in [0.1, 0.15) is 28.4 Å². The van der Waals surface area contributed by atoms with Crippen LogP contribution in [-0.4, -0.2) is 27.6 Å². The summed E-state index contributed by atoms with van der Waals surface area (Å²) < 4.78 is 0. The lowest BCUT2D eigenvalue weighted by Crippen LogP contribution is -2.02. The molecule has 1 aromatic rings. The third-order valence-electron chi connectivity index (χ3n) is 2.38. The number of hydrogen-bond acceptors (Lipinski definition) is 3. The van der Waals surface area contributed by atoms with E-state index in [1.807, 2.05) is 17.8 Å². The second kappa shape index (κ2) is 4.00.